The zero-order valence-corrected chi connectivity index (χ0v) is 7.11. The van der Waals surface area contributed by atoms with Gasteiger partial charge in [0, 0.05) is 0 Å². The van der Waals surface area contributed by atoms with Gasteiger partial charge >= 0.3 is 7.60 Å². The van der Waals surface area contributed by atoms with Gasteiger partial charge < -0.3 is 14.9 Å². The highest BCUT2D eigenvalue weighted by molar-refractivity contribution is 7.50. The monoisotopic (exact) mass is 188 g/mol. The quantitative estimate of drug-likeness (QED) is 0.606. The molecule has 1 aromatic rings. The van der Waals surface area contributed by atoms with Crippen molar-refractivity contribution in [2.45, 2.75) is 6.16 Å². The van der Waals surface area contributed by atoms with Gasteiger partial charge in [0.15, 0.2) is 0 Å². The Labute approximate surface area is 69.6 Å². The number of hydrogen-bond acceptors (Lipinski definition) is 2. The van der Waals surface area contributed by atoms with E-state index in [1.807, 2.05) is 0 Å². The highest BCUT2D eigenvalue weighted by atomic mass is 31.2. The van der Waals surface area contributed by atoms with E-state index in [0.717, 1.165) is 0 Å². The molecule has 0 saturated heterocycles. The van der Waals surface area contributed by atoms with Gasteiger partial charge in [0.25, 0.3) is 0 Å². The van der Waals surface area contributed by atoms with Gasteiger partial charge in [-0.2, -0.15) is 0 Å². The molecule has 0 aliphatic rings. The third-order valence-electron chi connectivity index (χ3n) is 1.30. The topological polar surface area (TPSA) is 77.8 Å². The van der Waals surface area contributed by atoms with Crippen LogP contribution >= 0.6 is 7.60 Å². The van der Waals surface area contributed by atoms with Crippen LogP contribution in [0.3, 0.4) is 0 Å². The molecule has 0 aliphatic carbocycles. The summed E-state index contributed by atoms with van der Waals surface area (Å²) in [5.41, 5.74) is 0.434. The lowest BCUT2D eigenvalue weighted by Gasteiger charge is -2.03. The maximum atomic E-state index is 10.5. The molecule has 0 aromatic heterocycles. The molecule has 0 spiro atoms. The van der Waals surface area contributed by atoms with E-state index in [1.54, 1.807) is 12.1 Å². The number of hydrogen-bond donors (Lipinski definition) is 3. The SMILES string of the molecule is O=P(O)(O)Cc1cccc(O)c1. The van der Waals surface area contributed by atoms with E-state index in [9.17, 15) is 4.57 Å². The average Bonchev–Trinajstić information content (AvgIpc) is 1.82. The van der Waals surface area contributed by atoms with Crippen molar-refractivity contribution in [2.75, 3.05) is 0 Å². The summed E-state index contributed by atoms with van der Waals surface area (Å²) in [6.07, 6.45) is -0.332. The molecule has 3 N–H and O–H groups in total. The van der Waals surface area contributed by atoms with Crippen LogP contribution in [0.4, 0.5) is 0 Å². The number of phenolic OH excluding ortho intramolecular Hbond substituents is 1. The second-order valence-corrected chi connectivity index (χ2v) is 4.14. The Balaban J connectivity index is 2.84. The van der Waals surface area contributed by atoms with Crippen LogP contribution in [0.15, 0.2) is 24.3 Å². The van der Waals surface area contributed by atoms with E-state index in [4.69, 9.17) is 14.9 Å². The van der Waals surface area contributed by atoms with Gasteiger partial charge in [0.05, 0.1) is 6.16 Å². The number of benzene rings is 1. The standard InChI is InChI=1S/C7H9O4P/c8-7-3-1-2-6(4-7)5-12(9,10)11/h1-4,8H,5H2,(H2,9,10,11). The van der Waals surface area contributed by atoms with Crippen molar-refractivity contribution >= 4 is 7.60 Å². The van der Waals surface area contributed by atoms with Crippen molar-refractivity contribution in [3.05, 3.63) is 29.8 Å². The van der Waals surface area contributed by atoms with E-state index in [1.165, 1.54) is 12.1 Å². The molecule has 0 unspecified atom stereocenters. The Morgan fingerprint density at radius 3 is 2.50 bits per heavy atom. The maximum absolute atomic E-state index is 10.5. The average molecular weight is 188 g/mol. The Morgan fingerprint density at radius 1 is 1.33 bits per heavy atom. The normalized spacial score (nSPS) is 11.5. The Kier molecular flexibility index (Phi) is 2.52. The molecule has 0 aliphatic heterocycles. The second kappa shape index (κ2) is 3.27. The Bertz CT molecular complexity index is 317. The first kappa shape index (κ1) is 9.26. The summed E-state index contributed by atoms with van der Waals surface area (Å²) in [5, 5.41) is 8.96. The van der Waals surface area contributed by atoms with Crippen LogP contribution in [-0.2, 0) is 10.7 Å². The zero-order valence-electron chi connectivity index (χ0n) is 6.21. The molecule has 1 rings (SSSR count). The zero-order chi connectivity index (χ0) is 9.19. The van der Waals surface area contributed by atoms with Crippen molar-refractivity contribution in [3.8, 4) is 5.75 Å². The molecule has 12 heavy (non-hydrogen) atoms. The van der Waals surface area contributed by atoms with E-state index < -0.39 is 7.60 Å². The third kappa shape index (κ3) is 3.05. The van der Waals surface area contributed by atoms with Crippen molar-refractivity contribution in [1.82, 2.24) is 0 Å². The fourth-order valence-electron chi connectivity index (χ4n) is 0.893. The molecule has 0 bridgehead atoms. The van der Waals surface area contributed by atoms with Gasteiger partial charge in [0.2, 0.25) is 0 Å². The summed E-state index contributed by atoms with van der Waals surface area (Å²) in [6.45, 7) is 0. The lowest BCUT2D eigenvalue weighted by molar-refractivity contribution is 0.371. The maximum Gasteiger partial charge on any atom is 0.329 e. The van der Waals surface area contributed by atoms with Gasteiger partial charge in [-0.15, -0.1) is 0 Å². The smallest absolute Gasteiger partial charge is 0.329 e. The summed E-state index contributed by atoms with van der Waals surface area (Å²) < 4.78 is 10.5. The molecule has 5 heteroatoms. The van der Waals surface area contributed by atoms with Crippen LogP contribution in [-0.4, -0.2) is 14.9 Å². The van der Waals surface area contributed by atoms with Crippen molar-refractivity contribution in [1.29, 1.82) is 0 Å². The summed E-state index contributed by atoms with van der Waals surface area (Å²) in [6, 6.07) is 5.88. The second-order valence-electron chi connectivity index (χ2n) is 2.49. The van der Waals surface area contributed by atoms with Crippen LogP contribution in [0.5, 0.6) is 5.75 Å². The molecular weight excluding hydrogens is 179 g/mol. The molecule has 66 valence electrons. The molecule has 0 radical (unpaired) electrons. The minimum atomic E-state index is -4.02. The number of phenols is 1. The summed E-state index contributed by atoms with van der Waals surface area (Å²) in [7, 11) is -4.02. The number of aromatic hydroxyl groups is 1. The lowest BCUT2D eigenvalue weighted by atomic mass is 10.2. The molecule has 0 saturated carbocycles. The van der Waals surface area contributed by atoms with Gasteiger partial charge in [-0.3, -0.25) is 4.57 Å². The minimum Gasteiger partial charge on any atom is -0.508 e. The van der Waals surface area contributed by atoms with E-state index in [2.05, 4.69) is 0 Å². The van der Waals surface area contributed by atoms with Crippen molar-refractivity contribution < 1.29 is 19.5 Å². The van der Waals surface area contributed by atoms with Crippen molar-refractivity contribution in [2.24, 2.45) is 0 Å². The molecule has 0 fully saturated rings. The molecule has 0 amide bonds. The summed E-state index contributed by atoms with van der Waals surface area (Å²) in [4.78, 5) is 17.2. The first-order chi connectivity index (χ1) is 5.47. The molecule has 1 aromatic carbocycles. The van der Waals surface area contributed by atoms with Crippen LogP contribution in [0, 0.1) is 0 Å². The van der Waals surface area contributed by atoms with E-state index in [-0.39, 0.29) is 11.9 Å². The summed E-state index contributed by atoms with van der Waals surface area (Å²) in [5.74, 6) is 0.0148. The van der Waals surface area contributed by atoms with Crippen LogP contribution < -0.4 is 0 Å². The van der Waals surface area contributed by atoms with Gasteiger partial charge in [-0.25, -0.2) is 0 Å². The lowest BCUT2D eigenvalue weighted by Crippen LogP contribution is -1.85. The third-order valence-corrected chi connectivity index (χ3v) is 2.08. The van der Waals surface area contributed by atoms with Crippen LogP contribution in [0.2, 0.25) is 0 Å². The molecule has 0 atom stereocenters. The Morgan fingerprint density at radius 2 is 2.00 bits per heavy atom. The van der Waals surface area contributed by atoms with Gasteiger partial charge in [-0.1, -0.05) is 12.1 Å². The Hall–Kier alpha value is -0.830. The number of rotatable bonds is 2. The first-order valence-electron chi connectivity index (χ1n) is 3.30. The van der Waals surface area contributed by atoms with Gasteiger partial charge in [-0.05, 0) is 17.7 Å². The fourth-order valence-corrected chi connectivity index (χ4v) is 1.57. The van der Waals surface area contributed by atoms with Crippen LogP contribution in [0.1, 0.15) is 5.56 Å². The predicted molar refractivity (Wildman–Crippen MR) is 43.9 cm³/mol. The van der Waals surface area contributed by atoms with E-state index in [0.29, 0.717) is 5.56 Å². The first-order valence-corrected chi connectivity index (χ1v) is 5.09. The largest absolute Gasteiger partial charge is 0.508 e. The minimum absolute atomic E-state index is 0.0148. The van der Waals surface area contributed by atoms with Crippen molar-refractivity contribution in [3.63, 3.8) is 0 Å². The fraction of sp³-hybridized carbons (Fsp3) is 0.143. The highest BCUT2D eigenvalue weighted by Gasteiger charge is 2.13. The molecule has 0 heterocycles. The van der Waals surface area contributed by atoms with Gasteiger partial charge in [0.1, 0.15) is 5.75 Å². The molecule has 4 nitrogen and oxygen atoms in total. The predicted octanol–water partition coefficient (Wildman–Crippen LogP) is 1.07. The molecular formula is C7H9O4P. The van der Waals surface area contributed by atoms with Crippen LogP contribution in [0.25, 0.3) is 0 Å². The highest BCUT2D eigenvalue weighted by Crippen LogP contribution is 2.39. The van der Waals surface area contributed by atoms with E-state index >= 15 is 0 Å². The summed E-state index contributed by atoms with van der Waals surface area (Å²) >= 11 is 0.